The Labute approximate surface area is 153 Å². The summed E-state index contributed by atoms with van der Waals surface area (Å²) >= 11 is 0. The number of likely N-dealkylation sites (N-methyl/N-ethyl adjacent to an activating group) is 1. The lowest BCUT2D eigenvalue weighted by Crippen LogP contribution is -3.00. The van der Waals surface area contributed by atoms with Crippen LogP contribution < -0.4 is 12.4 Å². The molecule has 0 spiro atoms. The van der Waals surface area contributed by atoms with Crippen LogP contribution in [-0.4, -0.2) is 42.2 Å². The number of hydrogen-bond acceptors (Lipinski definition) is 2. The Morgan fingerprint density at radius 1 is 1.12 bits per heavy atom. The van der Waals surface area contributed by atoms with Gasteiger partial charge in [0.05, 0.1) is 24.7 Å². The largest absolute Gasteiger partial charge is 1.00 e. The topological polar surface area (TPSA) is 26.3 Å². The molecule has 1 aliphatic rings. The van der Waals surface area contributed by atoms with Crippen molar-refractivity contribution in [1.29, 1.82) is 0 Å². The van der Waals surface area contributed by atoms with Crippen molar-refractivity contribution in [3.05, 3.63) is 35.9 Å². The highest BCUT2D eigenvalue weighted by atomic mass is 35.5. The first-order valence-corrected chi connectivity index (χ1v) is 9.23. The molecule has 2 rings (SSSR count). The molecule has 136 valence electrons. The molecule has 0 heterocycles. The molecule has 3 nitrogen and oxygen atoms in total. The van der Waals surface area contributed by atoms with Gasteiger partial charge in [-0.25, -0.2) is 4.79 Å². The number of nitrogens with zero attached hydrogens (tertiary/aromatic N) is 1. The molecule has 1 aliphatic carbocycles. The van der Waals surface area contributed by atoms with E-state index in [-0.39, 0.29) is 24.5 Å². The molecule has 0 bridgehead atoms. The summed E-state index contributed by atoms with van der Waals surface area (Å²) in [7, 11) is 0. The Balaban J connectivity index is 0.00000288. The molecule has 1 saturated carbocycles. The van der Waals surface area contributed by atoms with Crippen molar-refractivity contribution >= 4 is 5.97 Å². The van der Waals surface area contributed by atoms with Crippen LogP contribution >= 0.6 is 0 Å². The van der Waals surface area contributed by atoms with Gasteiger partial charge < -0.3 is 21.6 Å². The first-order valence-electron chi connectivity index (χ1n) is 9.23. The van der Waals surface area contributed by atoms with Crippen LogP contribution in [0.15, 0.2) is 30.3 Å². The molecule has 0 aliphatic heterocycles. The summed E-state index contributed by atoms with van der Waals surface area (Å²) in [6.45, 7) is 9.77. The molecule has 1 aromatic rings. The Morgan fingerprint density at radius 2 is 1.71 bits per heavy atom. The molecule has 0 aromatic heterocycles. The summed E-state index contributed by atoms with van der Waals surface area (Å²) in [5.74, 6) is -0.202. The molecule has 0 saturated heterocycles. The standard InChI is InChI=1S/C20H32NO2.ClH/c1-4-21(5-2,19-14-10-7-11-15-19)16-17(3)23-20(22)18-12-8-6-9-13-18;/h6,8-9,12-13,17,19H,4-5,7,10-11,14-16H2,1-3H3;1H/q+1;/p-1. The fraction of sp³-hybridized carbons (Fsp3) is 0.650. The van der Waals surface area contributed by atoms with Gasteiger partial charge >= 0.3 is 5.97 Å². The zero-order valence-corrected chi connectivity index (χ0v) is 16.1. The van der Waals surface area contributed by atoms with Crippen LogP contribution in [-0.2, 0) is 4.74 Å². The zero-order chi connectivity index (χ0) is 16.7. The molecule has 1 atom stereocenters. The predicted molar refractivity (Wildman–Crippen MR) is 94.4 cm³/mol. The maximum absolute atomic E-state index is 12.3. The van der Waals surface area contributed by atoms with E-state index in [2.05, 4.69) is 13.8 Å². The van der Waals surface area contributed by atoms with E-state index in [0.29, 0.717) is 5.56 Å². The van der Waals surface area contributed by atoms with Crippen molar-refractivity contribution < 1.29 is 26.4 Å². The van der Waals surface area contributed by atoms with Gasteiger partial charge in [-0.05, 0) is 58.6 Å². The van der Waals surface area contributed by atoms with Gasteiger partial charge in [-0.2, -0.15) is 0 Å². The smallest absolute Gasteiger partial charge is 0.338 e. The molecular weight excluding hydrogens is 322 g/mol. The number of rotatable bonds is 7. The first-order chi connectivity index (χ1) is 11.1. The monoisotopic (exact) mass is 353 g/mol. The van der Waals surface area contributed by atoms with Crippen molar-refractivity contribution in [3.63, 3.8) is 0 Å². The van der Waals surface area contributed by atoms with E-state index in [9.17, 15) is 4.79 Å². The van der Waals surface area contributed by atoms with Gasteiger partial charge in [-0.3, -0.25) is 0 Å². The second kappa shape index (κ2) is 10.0. The van der Waals surface area contributed by atoms with E-state index >= 15 is 0 Å². The Hall–Kier alpha value is -1.06. The van der Waals surface area contributed by atoms with Gasteiger partial charge in [0.15, 0.2) is 0 Å². The van der Waals surface area contributed by atoms with Crippen molar-refractivity contribution in [3.8, 4) is 0 Å². The lowest BCUT2D eigenvalue weighted by molar-refractivity contribution is -0.951. The Kier molecular flexibility index (Phi) is 8.79. The van der Waals surface area contributed by atoms with Gasteiger partial charge in [0.1, 0.15) is 12.6 Å². The number of esters is 1. The van der Waals surface area contributed by atoms with Crippen molar-refractivity contribution in [2.75, 3.05) is 19.6 Å². The van der Waals surface area contributed by atoms with Crippen LogP contribution in [0.2, 0.25) is 0 Å². The second-order valence-electron chi connectivity index (χ2n) is 6.91. The summed E-state index contributed by atoms with van der Waals surface area (Å²) in [5, 5.41) is 0. The second-order valence-corrected chi connectivity index (χ2v) is 6.91. The van der Waals surface area contributed by atoms with E-state index < -0.39 is 0 Å². The molecule has 1 aromatic carbocycles. The van der Waals surface area contributed by atoms with Crippen LogP contribution in [0.4, 0.5) is 0 Å². The Morgan fingerprint density at radius 3 is 2.25 bits per heavy atom. The number of carbonyl (C=O) groups is 1. The van der Waals surface area contributed by atoms with E-state index in [1.165, 1.54) is 32.1 Å². The molecule has 4 heteroatoms. The average Bonchev–Trinajstić information content (AvgIpc) is 2.61. The number of benzene rings is 1. The van der Waals surface area contributed by atoms with E-state index in [1.807, 2.05) is 37.3 Å². The quantitative estimate of drug-likeness (QED) is 0.547. The van der Waals surface area contributed by atoms with Gasteiger partial charge in [0.2, 0.25) is 0 Å². The van der Waals surface area contributed by atoms with Crippen LogP contribution in [0.25, 0.3) is 0 Å². The third-order valence-electron chi connectivity index (χ3n) is 5.55. The fourth-order valence-electron chi connectivity index (χ4n) is 4.15. The molecule has 0 N–H and O–H groups in total. The highest BCUT2D eigenvalue weighted by molar-refractivity contribution is 5.89. The van der Waals surface area contributed by atoms with Crippen molar-refractivity contribution in [2.45, 2.75) is 65.0 Å². The molecular formula is C20H32ClNO2. The normalized spacial score (nSPS) is 17.0. The van der Waals surface area contributed by atoms with Crippen LogP contribution in [0, 0.1) is 0 Å². The summed E-state index contributed by atoms with van der Waals surface area (Å²) < 4.78 is 6.82. The molecule has 0 radical (unpaired) electrons. The van der Waals surface area contributed by atoms with Crippen LogP contribution in [0.3, 0.4) is 0 Å². The minimum Gasteiger partial charge on any atom is -1.00 e. The van der Waals surface area contributed by atoms with Crippen molar-refractivity contribution in [1.82, 2.24) is 0 Å². The van der Waals surface area contributed by atoms with Crippen LogP contribution in [0.5, 0.6) is 0 Å². The van der Waals surface area contributed by atoms with Crippen LogP contribution in [0.1, 0.15) is 63.2 Å². The maximum Gasteiger partial charge on any atom is 0.338 e. The predicted octanol–water partition coefficient (Wildman–Crippen LogP) is 1.43. The molecule has 24 heavy (non-hydrogen) atoms. The Bertz CT molecular complexity index is 482. The molecule has 1 fully saturated rings. The molecule has 0 amide bonds. The third kappa shape index (κ3) is 5.22. The number of halogens is 1. The van der Waals surface area contributed by atoms with Gasteiger partial charge in [-0.1, -0.05) is 24.6 Å². The SMILES string of the molecule is CC[N+](CC)(CC(C)OC(=O)c1ccccc1)C1CCCCC1.[Cl-]. The van der Waals surface area contributed by atoms with E-state index in [4.69, 9.17) is 4.74 Å². The van der Waals surface area contributed by atoms with Gasteiger partial charge in [0.25, 0.3) is 0 Å². The number of ether oxygens (including phenoxy) is 1. The first kappa shape index (κ1) is 21.0. The number of quaternary nitrogens is 1. The summed E-state index contributed by atoms with van der Waals surface area (Å²) in [5.41, 5.74) is 0.642. The summed E-state index contributed by atoms with van der Waals surface area (Å²) in [6.07, 6.45) is 6.67. The summed E-state index contributed by atoms with van der Waals surface area (Å²) in [6, 6.07) is 10.0. The van der Waals surface area contributed by atoms with Crippen molar-refractivity contribution in [2.24, 2.45) is 0 Å². The summed E-state index contributed by atoms with van der Waals surface area (Å²) in [4.78, 5) is 12.3. The lowest BCUT2D eigenvalue weighted by Gasteiger charge is -2.46. The average molecular weight is 354 g/mol. The molecule has 1 unspecified atom stereocenters. The third-order valence-corrected chi connectivity index (χ3v) is 5.55. The minimum atomic E-state index is -0.202. The van der Waals surface area contributed by atoms with Gasteiger partial charge in [-0.15, -0.1) is 0 Å². The highest BCUT2D eigenvalue weighted by Crippen LogP contribution is 2.29. The van der Waals surface area contributed by atoms with E-state index in [1.54, 1.807) is 0 Å². The number of carbonyl (C=O) groups excluding carboxylic acids is 1. The van der Waals surface area contributed by atoms with E-state index in [0.717, 1.165) is 30.2 Å². The minimum absolute atomic E-state index is 0. The zero-order valence-electron chi connectivity index (χ0n) is 15.3. The maximum atomic E-state index is 12.3. The highest BCUT2D eigenvalue weighted by Gasteiger charge is 2.36. The van der Waals surface area contributed by atoms with Gasteiger partial charge in [0, 0.05) is 0 Å². The number of hydrogen-bond donors (Lipinski definition) is 0. The fourth-order valence-corrected chi connectivity index (χ4v) is 4.15. The lowest BCUT2D eigenvalue weighted by atomic mass is 9.91.